The van der Waals surface area contributed by atoms with Gasteiger partial charge in [0.1, 0.15) is 5.60 Å². The summed E-state index contributed by atoms with van der Waals surface area (Å²) >= 11 is 0. The fourth-order valence-electron chi connectivity index (χ4n) is 2.32. The van der Waals surface area contributed by atoms with Gasteiger partial charge in [0, 0.05) is 19.3 Å². The molecule has 2 N–H and O–H groups in total. The molecule has 1 atom stereocenters. The summed E-state index contributed by atoms with van der Waals surface area (Å²) in [4.78, 5) is 13.8. The van der Waals surface area contributed by atoms with Gasteiger partial charge in [-0.2, -0.15) is 5.10 Å². The van der Waals surface area contributed by atoms with E-state index in [1.54, 1.807) is 4.90 Å². The van der Waals surface area contributed by atoms with Crippen LogP contribution < -0.4 is 5.73 Å². The van der Waals surface area contributed by atoms with Crippen molar-refractivity contribution in [2.24, 2.45) is 5.73 Å². The molecular weight excluding hydrogens is 256 g/mol. The lowest BCUT2D eigenvalue weighted by atomic mass is 10.2. The first kappa shape index (κ1) is 14.8. The van der Waals surface area contributed by atoms with Crippen LogP contribution in [0, 0.1) is 0 Å². The lowest BCUT2D eigenvalue weighted by Gasteiger charge is -2.24. The second-order valence-electron chi connectivity index (χ2n) is 6.24. The van der Waals surface area contributed by atoms with Gasteiger partial charge in [-0.1, -0.05) is 0 Å². The van der Waals surface area contributed by atoms with Crippen LogP contribution in [-0.2, 0) is 11.2 Å². The van der Waals surface area contributed by atoms with Crippen LogP contribution in [0.2, 0.25) is 0 Å². The van der Waals surface area contributed by atoms with Crippen LogP contribution in [0.15, 0.2) is 12.4 Å². The maximum atomic E-state index is 12.0. The van der Waals surface area contributed by atoms with E-state index in [1.807, 2.05) is 37.8 Å². The first-order valence-corrected chi connectivity index (χ1v) is 7.10. The molecule has 1 saturated heterocycles. The Kier molecular flexibility index (Phi) is 4.32. The molecule has 1 amide bonds. The second-order valence-corrected chi connectivity index (χ2v) is 6.24. The van der Waals surface area contributed by atoms with Gasteiger partial charge in [0.2, 0.25) is 0 Å². The average molecular weight is 280 g/mol. The Labute approximate surface area is 119 Å². The number of rotatable bonds is 3. The van der Waals surface area contributed by atoms with Crippen molar-refractivity contribution in [2.45, 2.75) is 45.3 Å². The number of carbonyl (C=O) groups is 1. The molecular formula is C14H24N4O2. The number of amides is 1. The van der Waals surface area contributed by atoms with Crippen LogP contribution in [0.4, 0.5) is 4.79 Å². The van der Waals surface area contributed by atoms with Crippen LogP contribution in [0.5, 0.6) is 0 Å². The Bertz CT molecular complexity index is 464. The van der Waals surface area contributed by atoms with Gasteiger partial charge in [-0.05, 0) is 45.7 Å². The third-order valence-corrected chi connectivity index (χ3v) is 3.28. The van der Waals surface area contributed by atoms with E-state index in [2.05, 4.69) is 5.10 Å². The summed E-state index contributed by atoms with van der Waals surface area (Å²) in [5.74, 6) is 0. The van der Waals surface area contributed by atoms with Crippen LogP contribution >= 0.6 is 0 Å². The average Bonchev–Trinajstić information content (AvgIpc) is 2.94. The molecule has 1 unspecified atom stereocenters. The van der Waals surface area contributed by atoms with E-state index in [-0.39, 0.29) is 12.1 Å². The minimum Gasteiger partial charge on any atom is -0.444 e. The van der Waals surface area contributed by atoms with Crippen molar-refractivity contribution in [1.82, 2.24) is 14.7 Å². The number of ether oxygens (including phenoxy) is 1. The lowest BCUT2D eigenvalue weighted by molar-refractivity contribution is 0.0288. The zero-order valence-corrected chi connectivity index (χ0v) is 12.5. The predicted octanol–water partition coefficient (Wildman–Crippen LogP) is 1.57. The summed E-state index contributed by atoms with van der Waals surface area (Å²) < 4.78 is 7.33. The van der Waals surface area contributed by atoms with Gasteiger partial charge in [0.25, 0.3) is 0 Å². The van der Waals surface area contributed by atoms with Gasteiger partial charge in [-0.15, -0.1) is 0 Å². The van der Waals surface area contributed by atoms with Gasteiger partial charge in [-0.3, -0.25) is 4.68 Å². The molecule has 0 radical (unpaired) electrons. The fraction of sp³-hybridized carbons (Fsp3) is 0.714. The molecule has 6 heteroatoms. The van der Waals surface area contributed by atoms with E-state index in [1.165, 1.54) is 0 Å². The topological polar surface area (TPSA) is 73.4 Å². The van der Waals surface area contributed by atoms with Crippen LogP contribution in [-0.4, -0.2) is 46.0 Å². The number of hydrogen-bond donors (Lipinski definition) is 1. The van der Waals surface area contributed by atoms with Crippen molar-refractivity contribution < 1.29 is 9.53 Å². The highest BCUT2D eigenvalue weighted by atomic mass is 16.6. The number of nitrogens with zero attached hydrogens (tertiary/aromatic N) is 3. The zero-order valence-electron chi connectivity index (χ0n) is 12.5. The van der Waals surface area contributed by atoms with Gasteiger partial charge >= 0.3 is 6.09 Å². The number of hydrogen-bond acceptors (Lipinski definition) is 4. The highest BCUT2D eigenvalue weighted by Gasteiger charge is 2.30. The third-order valence-electron chi connectivity index (χ3n) is 3.28. The molecule has 1 fully saturated rings. The molecule has 1 aliphatic heterocycles. The number of nitrogens with two attached hydrogens (primary N) is 1. The zero-order chi connectivity index (χ0) is 14.8. The molecule has 6 nitrogen and oxygen atoms in total. The maximum absolute atomic E-state index is 12.0. The Morgan fingerprint density at radius 1 is 1.55 bits per heavy atom. The third kappa shape index (κ3) is 3.72. The summed E-state index contributed by atoms with van der Waals surface area (Å²) in [5, 5.41) is 4.37. The van der Waals surface area contributed by atoms with Crippen LogP contribution in [0.1, 0.15) is 38.8 Å². The van der Waals surface area contributed by atoms with Crippen molar-refractivity contribution in [2.75, 3.05) is 19.6 Å². The van der Waals surface area contributed by atoms with Crippen molar-refractivity contribution in [1.29, 1.82) is 0 Å². The normalized spacial score (nSPS) is 19.4. The summed E-state index contributed by atoms with van der Waals surface area (Å²) in [6, 6.07) is 0.231. The number of likely N-dealkylation sites (tertiary alicyclic amines) is 1. The number of carbonyl (C=O) groups excluding carboxylic acids is 1. The quantitative estimate of drug-likeness (QED) is 0.912. The molecule has 2 rings (SSSR count). The summed E-state index contributed by atoms with van der Waals surface area (Å²) in [5.41, 5.74) is 6.23. The number of aromatic nitrogens is 2. The predicted molar refractivity (Wildman–Crippen MR) is 76.4 cm³/mol. The first-order chi connectivity index (χ1) is 9.39. The van der Waals surface area contributed by atoms with Crippen molar-refractivity contribution in [3.8, 4) is 0 Å². The molecule has 1 aliphatic rings. The SMILES string of the molecule is CC(C)(C)OC(=O)N1CCC(n2cc(CCN)cn2)C1. The van der Waals surface area contributed by atoms with E-state index in [0.29, 0.717) is 19.6 Å². The first-order valence-electron chi connectivity index (χ1n) is 7.10. The Morgan fingerprint density at radius 3 is 2.95 bits per heavy atom. The highest BCUT2D eigenvalue weighted by molar-refractivity contribution is 5.68. The van der Waals surface area contributed by atoms with E-state index >= 15 is 0 Å². The largest absolute Gasteiger partial charge is 0.444 e. The van der Waals surface area contributed by atoms with Crippen molar-refractivity contribution >= 4 is 6.09 Å². The smallest absolute Gasteiger partial charge is 0.410 e. The van der Waals surface area contributed by atoms with Crippen molar-refractivity contribution in [3.63, 3.8) is 0 Å². The molecule has 0 aromatic carbocycles. The summed E-state index contributed by atoms with van der Waals surface area (Å²) in [6.07, 6.45) is 5.37. The lowest BCUT2D eigenvalue weighted by Crippen LogP contribution is -2.35. The minimum atomic E-state index is -0.449. The molecule has 1 aromatic heterocycles. The molecule has 0 aliphatic carbocycles. The van der Waals surface area contributed by atoms with Gasteiger partial charge < -0.3 is 15.4 Å². The minimum absolute atomic E-state index is 0.231. The fourth-order valence-corrected chi connectivity index (χ4v) is 2.32. The monoisotopic (exact) mass is 280 g/mol. The molecule has 112 valence electrons. The van der Waals surface area contributed by atoms with E-state index in [0.717, 1.165) is 18.4 Å². The maximum Gasteiger partial charge on any atom is 0.410 e. The van der Waals surface area contributed by atoms with Gasteiger partial charge in [0.15, 0.2) is 0 Å². The van der Waals surface area contributed by atoms with Crippen molar-refractivity contribution in [3.05, 3.63) is 18.0 Å². The summed E-state index contributed by atoms with van der Waals surface area (Å²) in [6.45, 7) is 7.63. The summed E-state index contributed by atoms with van der Waals surface area (Å²) in [7, 11) is 0. The molecule has 0 spiro atoms. The van der Waals surface area contributed by atoms with E-state index in [4.69, 9.17) is 10.5 Å². The molecule has 20 heavy (non-hydrogen) atoms. The standard InChI is InChI=1S/C14H24N4O2/c1-14(2,3)20-13(19)17-7-5-12(10-17)18-9-11(4-6-15)8-16-18/h8-9,12H,4-7,10,15H2,1-3H3. The highest BCUT2D eigenvalue weighted by Crippen LogP contribution is 2.23. The van der Waals surface area contributed by atoms with Gasteiger partial charge in [-0.25, -0.2) is 4.79 Å². The van der Waals surface area contributed by atoms with E-state index in [9.17, 15) is 4.79 Å². The Balaban J connectivity index is 1.92. The Hall–Kier alpha value is -1.56. The Morgan fingerprint density at radius 2 is 2.30 bits per heavy atom. The molecule has 0 bridgehead atoms. The molecule has 2 heterocycles. The van der Waals surface area contributed by atoms with Crippen LogP contribution in [0.3, 0.4) is 0 Å². The van der Waals surface area contributed by atoms with Crippen LogP contribution in [0.25, 0.3) is 0 Å². The van der Waals surface area contributed by atoms with E-state index < -0.39 is 5.60 Å². The molecule has 1 aromatic rings. The molecule has 0 saturated carbocycles. The van der Waals surface area contributed by atoms with Gasteiger partial charge in [0.05, 0.1) is 12.2 Å². The second kappa shape index (κ2) is 5.83.